The molecule has 0 unspecified atom stereocenters. The van der Waals surface area contributed by atoms with Crippen LogP contribution in [0.1, 0.15) is 78.6 Å². The second-order valence-corrected chi connectivity index (χ2v) is 7.31. The van der Waals surface area contributed by atoms with Crippen LogP contribution in [0.25, 0.3) is 0 Å². The Balaban J connectivity index is 3.97. The van der Waals surface area contributed by atoms with E-state index in [2.05, 4.69) is 20.8 Å². The molecule has 0 saturated carbocycles. The smallest absolute Gasteiger partial charge is 0.309 e. The van der Waals surface area contributed by atoms with Crippen molar-refractivity contribution in [1.82, 2.24) is 0 Å². The molecule has 4 heteroatoms. The third kappa shape index (κ3) is 11.7. The van der Waals surface area contributed by atoms with Gasteiger partial charge in [-0.3, -0.25) is 4.57 Å². The summed E-state index contributed by atoms with van der Waals surface area (Å²) < 4.78 is 23.7. The monoisotopic (exact) mass is 292 g/mol. The van der Waals surface area contributed by atoms with Gasteiger partial charge in [0.05, 0.1) is 19.4 Å². The number of rotatable bonds is 14. The van der Waals surface area contributed by atoms with Crippen LogP contribution in [-0.4, -0.2) is 19.4 Å². The summed E-state index contributed by atoms with van der Waals surface area (Å²) in [5, 5.41) is 0. The molecule has 0 saturated heterocycles. The molecule has 0 rings (SSSR count). The molecule has 0 aliphatic heterocycles. The first kappa shape index (κ1) is 19.1. The summed E-state index contributed by atoms with van der Waals surface area (Å²) in [7, 11) is -2.83. The Morgan fingerprint density at radius 2 is 1.16 bits per heavy atom. The van der Waals surface area contributed by atoms with Gasteiger partial charge < -0.3 is 9.05 Å². The lowest BCUT2D eigenvalue weighted by Crippen LogP contribution is -2.03. The van der Waals surface area contributed by atoms with Gasteiger partial charge in [0.1, 0.15) is 0 Å². The summed E-state index contributed by atoms with van der Waals surface area (Å²) in [6, 6.07) is 0. The van der Waals surface area contributed by atoms with Gasteiger partial charge in [0.2, 0.25) is 0 Å². The lowest BCUT2D eigenvalue weighted by atomic mass is 10.2. The largest absolute Gasteiger partial charge is 0.330 e. The van der Waals surface area contributed by atoms with E-state index >= 15 is 0 Å². The molecule has 19 heavy (non-hydrogen) atoms. The van der Waals surface area contributed by atoms with Crippen LogP contribution in [0, 0.1) is 0 Å². The molecule has 0 spiro atoms. The minimum Gasteiger partial charge on any atom is -0.309 e. The molecular formula is C15H33O3P. The van der Waals surface area contributed by atoms with Gasteiger partial charge in [-0.25, -0.2) is 0 Å². The average Bonchev–Trinajstić information content (AvgIpc) is 2.39. The van der Waals surface area contributed by atoms with Crippen molar-refractivity contribution in [3.8, 4) is 0 Å². The summed E-state index contributed by atoms with van der Waals surface area (Å²) in [4.78, 5) is 0. The number of unbranched alkanes of at least 4 members (excludes halogenated alkanes) is 6. The summed E-state index contributed by atoms with van der Waals surface area (Å²) in [6.07, 6.45) is 10.4. The molecule has 0 aromatic carbocycles. The molecule has 0 aromatic rings. The average molecular weight is 292 g/mol. The van der Waals surface area contributed by atoms with Gasteiger partial charge >= 0.3 is 7.60 Å². The first-order valence-corrected chi connectivity index (χ1v) is 9.79. The zero-order valence-corrected chi connectivity index (χ0v) is 14.1. The third-order valence-corrected chi connectivity index (χ3v) is 5.12. The molecule has 3 nitrogen and oxygen atoms in total. The van der Waals surface area contributed by atoms with Crippen molar-refractivity contribution in [1.29, 1.82) is 0 Å². The fourth-order valence-corrected chi connectivity index (χ4v) is 3.53. The molecule has 116 valence electrons. The van der Waals surface area contributed by atoms with E-state index in [1.165, 1.54) is 19.3 Å². The highest BCUT2D eigenvalue weighted by atomic mass is 31.2. The van der Waals surface area contributed by atoms with Gasteiger partial charge in [-0.15, -0.1) is 0 Å². The normalized spacial score (nSPS) is 11.9. The van der Waals surface area contributed by atoms with Crippen molar-refractivity contribution in [2.45, 2.75) is 78.6 Å². The van der Waals surface area contributed by atoms with Crippen molar-refractivity contribution < 1.29 is 13.6 Å². The van der Waals surface area contributed by atoms with Crippen molar-refractivity contribution in [3.05, 3.63) is 0 Å². The molecule has 0 heterocycles. The molecule has 0 amide bonds. The Labute approximate surface area is 120 Å². The first-order chi connectivity index (χ1) is 9.18. The Morgan fingerprint density at radius 3 is 1.63 bits per heavy atom. The van der Waals surface area contributed by atoms with Gasteiger partial charge in [-0.05, 0) is 19.3 Å². The second kappa shape index (κ2) is 13.1. The highest BCUT2D eigenvalue weighted by molar-refractivity contribution is 7.53. The van der Waals surface area contributed by atoms with Crippen LogP contribution >= 0.6 is 7.60 Å². The lowest BCUT2D eigenvalue weighted by Gasteiger charge is -2.18. The Bertz CT molecular complexity index is 217. The summed E-state index contributed by atoms with van der Waals surface area (Å²) >= 11 is 0. The molecule has 0 aromatic heterocycles. The molecular weight excluding hydrogens is 259 g/mol. The van der Waals surface area contributed by atoms with Crippen LogP contribution in [0.3, 0.4) is 0 Å². The zero-order chi connectivity index (χ0) is 14.4. The molecule has 0 fully saturated rings. The Morgan fingerprint density at radius 1 is 0.684 bits per heavy atom. The highest BCUT2D eigenvalue weighted by Crippen LogP contribution is 2.49. The predicted octanol–water partition coefficient (Wildman–Crippen LogP) is 5.78. The van der Waals surface area contributed by atoms with Gasteiger partial charge in [-0.1, -0.05) is 59.3 Å². The molecule has 0 aliphatic carbocycles. The van der Waals surface area contributed by atoms with E-state index in [0.29, 0.717) is 19.4 Å². The van der Waals surface area contributed by atoms with E-state index < -0.39 is 7.60 Å². The van der Waals surface area contributed by atoms with Gasteiger partial charge in [0.25, 0.3) is 0 Å². The molecule has 0 aliphatic rings. The van der Waals surface area contributed by atoms with E-state index in [9.17, 15) is 4.57 Å². The maximum Gasteiger partial charge on any atom is 0.330 e. The number of hydrogen-bond donors (Lipinski definition) is 0. The van der Waals surface area contributed by atoms with Crippen LogP contribution in [0.15, 0.2) is 0 Å². The topological polar surface area (TPSA) is 35.5 Å². The minimum absolute atomic E-state index is 0.564. The van der Waals surface area contributed by atoms with Crippen LogP contribution in [0.5, 0.6) is 0 Å². The SMILES string of the molecule is CCCCCCCP(=O)(OCCCC)OCCCC. The fourth-order valence-electron chi connectivity index (χ4n) is 1.77. The van der Waals surface area contributed by atoms with E-state index in [1.54, 1.807) is 0 Å². The Hall–Kier alpha value is 0.150. The van der Waals surface area contributed by atoms with E-state index in [0.717, 1.165) is 38.5 Å². The zero-order valence-electron chi connectivity index (χ0n) is 13.2. The Kier molecular flexibility index (Phi) is 13.3. The highest BCUT2D eigenvalue weighted by Gasteiger charge is 2.23. The van der Waals surface area contributed by atoms with Crippen LogP contribution in [-0.2, 0) is 13.6 Å². The van der Waals surface area contributed by atoms with Crippen molar-refractivity contribution in [2.24, 2.45) is 0 Å². The van der Waals surface area contributed by atoms with Crippen LogP contribution < -0.4 is 0 Å². The summed E-state index contributed by atoms with van der Waals surface area (Å²) in [6.45, 7) is 7.55. The predicted molar refractivity (Wildman–Crippen MR) is 83.0 cm³/mol. The molecule has 0 radical (unpaired) electrons. The maximum atomic E-state index is 12.6. The lowest BCUT2D eigenvalue weighted by molar-refractivity contribution is 0.199. The van der Waals surface area contributed by atoms with E-state index in [1.807, 2.05) is 0 Å². The first-order valence-electron chi connectivity index (χ1n) is 8.06. The van der Waals surface area contributed by atoms with Crippen molar-refractivity contribution >= 4 is 7.60 Å². The second-order valence-electron chi connectivity index (χ2n) is 5.12. The maximum absolute atomic E-state index is 12.6. The van der Waals surface area contributed by atoms with Gasteiger partial charge in [0, 0.05) is 0 Å². The van der Waals surface area contributed by atoms with Crippen molar-refractivity contribution in [3.63, 3.8) is 0 Å². The number of hydrogen-bond acceptors (Lipinski definition) is 3. The molecule has 0 bridgehead atoms. The van der Waals surface area contributed by atoms with Gasteiger partial charge in [-0.2, -0.15) is 0 Å². The summed E-state index contributed by atoms with van der Waals surface area (Å²) in [5.41, 5.74) is 0. The van der Waals surface area contributed by atoms with Crippen LogP contribution in [0.4, 0.5) is 0 Å². The van der Waals surface area contributed by atoms with Crippen LogP contribution in [0.2, 0.25) is 0 Å². The van der Waals surface area contributed by atoms with E-state index in [-0.39, 0.29) is 0 Å². The minimum atomic E-state index is -2.83. The van der Waals surface area contributed by atoms with Crippen molar-refractivity contribution in [2.75, 3.05) is 19.4 Å². The standard InChI is InChI=1S/C15H33O3P/c1-4-7-10-11-12-15-19(16,17-13-8-5-2)18-14-9-6-3/h4-15H2,1-3H3. The third-order valence-electron chi connectivity index (χ3n) is 3.11. The summed E-state index contributed by atoms with van der Waals surface area (Å²) in [5.74, 6) is 0. The molecule has 0 atom stereocenters. The quantitative estimate of drug-likeness (QED) is 0.300. The van der Waals surface area contributed by atoms with E-state index in [4.69, 9.17) is 9.05 Å². The molecule has 0 N–H and O–H groups in total. The van der Waals surface area contributed by atoms with Gasteiger partial charge in [0.15, 0.2) is 0 Å². The fraction of sp³-hybridized carbons (Fsp3) is 1.00.